The van der Waals surface area contributed by atoms with Crippen LogP contribution in [0.3, 0.4) is 0 Å². The average molecular weight is 402 g/mol. The molecule has 1 amide bonds. The van der Waals surface area contributed by atoms with Crippen molar-refractivity contribution in [3.8, 4) is 11.5 Å². The van der Waals surface area contributed by atoms with Crippen LogP contribution in [-0.2, 0) is 20.1 Å². The van der Waals surface area contributed by atoms with E-state index in [-0.39, 0.29) is 30.8 Å². The predicted octanol–water partition coefficient (Wildman–Crippen LogP) is 3.78. The van der Waals surface area contributed by atoms with Gasteiger partial charge in [-0.2, -0.15) is 0 Å². The number of hydrogen-bond acceptors (Lipinski definition) is 4. The maximum Gasteiger partial charge on any atom is 0.254 e. The number of aryl methyl sites for hydroxylation is 1. The molecule has 144 valence electrons. The van der Waals surface area contributed by atoms with E-state index in [9.17, 15) is 9.18 Å². The quantitative estimate of drug-likeness (QED) is 0.652. The molecule has 0 fully saturated rings. The zero-order valence-electron chi connectivity index (χ0n) is 15.1. The van der Waals surface area contributed by atoms with Crippen LogP contribution in [0, 0.1) is 5.82 Å². The van der Waals surface area contributed by atoms with Gasteiger partial charge in [-0.05, 0) is 35.9 Å². The SMILES string of the molecule is Cn1ccnc1CN(Cc1ccc(F)cc1Cl)C(=O)c1ccc2c(c1)OCO2. The fourth-order valence-corrected chi connectivity index (χ4v) is 3.21. The number of rotatable bonds is 5. The molecular formula is C20H17ClFN3O3. The summed E-state index contributed by atoms with van der Waals surface area (Å²) in [4.78, 5) is 19.1. The zero-order chi connectivity index (χ0) is 19.7. The Balaban J connectivity index is 1.65. The number of amides is 1. The highest BCUT2D eigenvalue weighted by Crippen LogP contribution is 2.33. The van der Waals surface area contributed by atoms with Gasteiger partial charge >= 0.3 is 0 Å². The Morgan fingerprint density at radius 3 is 2.79 bits per heavy atom. The van der Waals surface area contributed by atoms with Gasteiger partial charge in [0.25, 0.3) is 5.91 Å². The number of hydrogen-bond donors (Lipinski definition) is 0. The first-order valence-electron chi connectivity index (χ1n) is 8.60. The molecule has 0 N–H and O–H groups in total. The van der Waals surface area contributed by atoms with Crippen molar-refractivity contribution in [1.29, 1.82) is 0 Å². The summed E-state index contributed by atoms with van der Waals surface area (Å²) in [6.07, 6.45) is 3.48. The van der Waals surface area contributed by atoms with Crippen LogP contribution in [0.1, 0.15) is 21.7 Å². The summed E-state index contributed by atoms with van der Waals surface area (Å²) in [6, 6.07) is 9.19. The molecule has 2 heterocycles. The average Bonchev–Trinajstić information content (AvgIpc) is 3.30. The number of aromatic nitrogens is 2. The number of fused-ring (bicyclic) bond motifs is 1. The Labute approximate surface area is 166 Å². The normalized spacial score (nSPS) is 12.2. The lowest BCUT2D eigenvalue weighted by molar-refractivity contribution is 0.0723. The molecule has 4 rings (SSSR count). The summed E-state index contributed by atoms with van der Waals surface area (Å²) in [5.41, 5.74) is 1.10. The van der Waals surface area contributed by atoms with Crippen LogP contribution < -0.4 is 9.47 Å². The van der Waals surface area contributed by atoms with E-state index in [4.69, 9.17) is 21.1 Å². The molecule has 6 nitrogen and oxygen atoms in total. The Morgan fingerprint density at radius 1 is 1.21 bits per heavy atom. The zero-order valence-corrected chi connectivity index (χ0v) is 15.8. The standard InChI is InChI=1S/C20H17ClFN3O3/c1-24-7-6-23-19(24)11-25(10-14-2-4-15(22)9-16(14)21)20(26)13-3-5-17-18(8-13)28-12-27-17/h2-9H,10-12H2,1H3. The van der Waals surface area contributed by atoms with Gasteiger partial charge in [0.05, 0.1) is 6.54 Å². The van der Waals surface area contributed by atoms with Crippen molar-refractivity contribution in [2.75, 3.05) is 6.79 Å². The van der Waals surface area contributed by atoms with Crippen LogP contribution in [0.25, 0.3) is 0 Å². The molecule has 0 unspecified atom stereocenters. The number of nitrogens with zero attached hydrogens (tertiary/aromatic N) is 3. The van der Waals surface area contributed by atoms with Gasteiger partial charge in [-0.15, -0.1) is 0 Å². The van der Waals surface area contributed by atoms with Gasteiger partial charge in [-0.25, -0.2) is 9.37 Å². The topological polar surface area (TPSA) is 56.6 Å². The molecule has 2 aromatic carbocycles. The van der Waals surface area contributed by atoms with Crippen LogP contribution in [0.5, 0.6) is 11.5 Å². The number of halogens is 2. The first-order valence-corrected chi connectivity index (χ1v) is 8.98. The maximum absolute atomic E-state index is 13.4. The van der Waals surface area contributed by atoms with Gasteiger partial charge in [0.2, 0.25) is 6.79 Å². The van der Waals surface area contributed by atoms with Crippen LogP contribution >= 0.6 is 11.6 Å². The highest BCUT2D eigenvalue weighted by atomic mass is 35.5. The number of ether oxygens (including phenoxy) is 2. The van der Waals surface area contributed by atoms with Gasteiger partial charge in [-0.3, -0.25) is 4.79 Å². The summed E-state index contributed by atoms with van der Waals surface area (Å²) in [5, 5.41) is 0.267. The molecule has 0 saturated heterocycles. The fourth-order valence-electron chi connectivity index (χ4n) is 2.99. The molecule has 8 heteroatoms. The van der Waals surface area contributed by atoms with E-state index < -0.39 is 5.82 Å². The third-order valence-corrected chi connectivity index (χ3v) is 4.89. The highest BCUT2D eigenvalue weighted by Gasteiger charge is 2.22. The third kappa shape index (κ3) is 3.66. The third-order valence-electron chi connectivity index (χ3n) is 4.54. The molecule has 3 aromatic rings. The number of imidazole rings is 1. The molecule has 1 aromatic heterocycles. The molecule has 0 bridgehead atoms. The Hall–Kier alpha value is -3.06. The van der Waals surface area contributed by atoms with Gasteiger partial charge in [0.1, 0.15) is 11.6 Å². The molecule has 1 aliphatic rings. The van der Waals surface area contributed by atoms with Gasteiger partial charge in [0.15, 0.2) is 11.5 Å². The van der Waals surface area contributed by atoms with Gasteiger partial charge < -0.3 is 18.9 Å². The van der Waals surface area contributed by atoms with E-state index in [1.807, 2.05) is 17.8 Å². The molecule has 0 spiro atoms. The lowest BCUT2D eigenvalue weighted by Gasteiger charge is -2.23. The van der Waals surface area contributed by atoms with Crippen molar-refractivity contribution in [1.82, 2.24) is 14.5 Å². The van der Waals surface area contributed by atoms with E-state index in [2.05, 4.69) is 4.98 Å². The molecule has 0 radical (unpaired) electrons. The van der Waals surface area contributed by atoms with Crippen molar-refractivity contribution in [2.45, 2.75) is 13.1 Å². The fraction of sp³-hybridized carbons (Fsp3) is 0.200. The molecular weight excluding hydrogens is 385 g/mol. The Kier molecular flexibility index (Phi) is 4.92. The van der Waals surface area contributed by atoms with E-state index in [0.29, 0.717) is 28.5 Å². The lowest BCUT2D eigenvalue weighted by atomic mass is 10.1. The van der Waals surface area contributed by atoms with Crippen molar-refractivity contribution >= 4 is 17.5 Å². The Bertz CT molecular complexity index is 1040. The van der Waals surface area contributed by atoms with Crippen molar-refractivity contribution < 1.29 is 18.7 Å². The molecule has 0 atom stereocenters. The summed E-state index contributed by atoms with van der Waals surface area (Å²) in [7, 11) is 1.86. The van der Waals surface area contributed by atoms with E-state index in [1.165, 1.54) is 12.1 Å². The molecule has 0 aliphatic carbocycles. The van der Waals surface area contributed by atoms with E-state index in [1.54, 1.807) is 35.4 Å². The van der Waals surface area contributed by atoms with Crippen molar-refractivity contribution in [3.63, 3.8) is 0 Å². The largest absolute Gasteiger partial charge is 0.454 e. The summed E-state index contributed by atoms with van der Waals surface area (Å²) in [6.45, 7) is 0.610. The smallest absolute Gasteiger partial charge is 0.254 e. The first-order chi connectivity index (χ1) is 13.5. The number of carbonyl (C=O) groups is 1. The minimum Gasteiger partial charge on any atom is -0.454 e. The second kappa shape index (κ2) is 7.52. The van der Waals surface area contributed by atoms with Crippen molar-refractivity contribution in [3.05, 3.63) is 76.6 Å². The van der Waals surface area contributed by atoms with E-state index >= 15 is 0 Å². The Morgan fingerprint density at radius 2 is 2.04 bits per heavy atom. The monoisotopic (exact) mass is 401 g/mol. The summed E-state index contributed by atoms with van der Waals surface area (Å²) < 4.78 is 25.9. The van der Waals surface area contributed by atoms with Crippen LogP contribution in [-0.4, -0.2) is 27.2 Å². The van der Waals surface area contributed by atoms with Crippen LogP contribution in [0.15, 0.2) is 48.8 Å². The summed E-state index contributed by atoms with van der Waals surface area (Å²) >= 11 is 6.18. The van der Waals surface area contributed by atoms with Gasteiger partial charge in [0, 0.05) is 36.6 Å². The maximum atomic E-state index is 13.4. The minimum absolute atomic E-state index is 0.134. The summed E-state index contributed by atoms with van der Waals surface area (Å²) in [5.74, 6) is 1.21. The minimum atomic E-state index is -0.425. The number of benzene rings is 2. The van der Waals surface area contributed by atoms with Crippen molar-refractivity contribution in [2.24, 2.45) is 7.05 Å². The highest BCUT2D eigenvalue weighted by molar-refractivity contribution is 6.31. The molecule has 28 heavy (non-hydrogen) atoms. The number of carbonyl (C=O) groups excluding carboxylic acids is 1. The lowest BCUT2D eigenvalue weighted by Crippen LogP contribution is -2.31. The van der Waals surface area contributed by atoms with Crippen LogP contribution in [0.4, 0.5) is 4.39 Å². The van der Waals surface area contributed by atoms with Gasteiger partial charge in [-0.1, -0.05) is 17.7 Å². The second-order valence-electron chi connectivity index (χ2n) is 6.42. The molecule has 1 aliphatic heterocycles. The first kappa shape index (κ1) is 18.3. The van der Waals surface area contributed by atoms with E-state index in [0.717, 1.165) is 0 Å². The molecule has 0 saturated carbocycles. The second-order valence-corrected chi connectivity index (χ2v) is 6.83. The van der Waals surface area contributed by atoms with Crippen LogP contribution in [0.2, 0.25) is 5.02 Å². The predicted molar refractivity (Wildman–Crippen MR) is 101 cm³/mol.